The van der Waals surface area contributed by atoms with Crippen LogP contribution in [0.25, 0.3) is 0 Å². The fourth-order valence-corrected chi connectivity index (χ4v) is 3.10. The van der Waals surface area contributed by atoms with Gasteiger partial charge in [0.2, 0.25) is 5.91 Å². The van der Waals surface area contributed by atoms with E-state index in [-0.39, 0.29) is 11.2 Å². The van der Waals surface area contributed by atoms with Crippen molar-refractivity contribution in [2.75, 3.05) is 5.75 Å². The summed E-state index contributed by atoms with van der Waals surface area (Å²) in [7, 11) is 0. The van der Waals surface area contributed by atoms with Crippen LogP contribution in [0, 0.1) is 6.92 Å². The number of aryl methyl sites for hydroxylation is 1. The lowest BCUT2D eigenvalue weighted by molar-refractivity contribution is -0.120. The maximum atomic E-state index is 11.8. The van der Waals surface area contributed by atoms with Crippen molar-refractivity contribution >= 4 is 17.7 Å². The minimum absolute atomic E-state index is 0.185. The summed E-state index contributed by atoms with van der Waals surface area (Å²) in [5, 5.41) is 3.19. The van der Waals surface area contributed by atoms with E-state index in [0.29, 0.717) is 6.54 Å². The highest BCUT2D eigenvalue weighted by atomic mass is 32.2. The van der Waals surface area contributed by atoms with Gasteiger partial charge >= 0.3 is 0 Å². The van der Waals surface area contributed by atoms with E-state index in [1.165, 1.54) is 17.5 Å². The van der Waals surface area contributed by atoms with Gasteiger partial charge in [-0.1, -0.05) is 29.8 Å². The van der Waals surface area contributed by atoms with E-state index >= 15 is 0 Å². The summed E-state index contributed by atoms with van der Waals surface area (Å²) in [6, 6.07) is 8.26. The second-order valence-corrected chi connectivity index (χ2v) is 5.52. The van der Waals surface area contributed by atoms with Gasteiger partial charge in [0.05, 0.1) is 5.25 Å². The Morgan fingerprint density at radius 1 is 1.56 bits per heavy atom. The third kappa shape index (κ3) is 3.01. The monoisotopic (exact) mass is 235 g/mol. The van der Waals surface area contributed by atoms with E-state index in [0.717, 1.165) is 12.2 Å². The summed E-state index contributed by atoms with van der Waals surface area (Å²) in [6.07, 6.45) is 2.21. The number of carbonyl (C=O) groups excluding carboxylic acids is 1. The molecule has 1 atom stereocenters. The van der Waals surface area contributed by atoms with Crippen molar-refractivity contribution in [2.24, 2.45) is 0 Å². The molecule has 1 saturated heterocycles. The summed E-state index contributed by atoms with van der Waals surface area (Å²) in [6.45, 7) is 2.72. The molecule has 1 heterocycles. The molecule has 1 aromatic rings. The van der Waals surface area contributed by atoms with Crippen LogP contribution in [0.2, 0.25) is 0 Å². The molecule has 0 saturated carbocycles. The Balaban J connectivity index is 1.84. The van der Waals surface area contributed by atoms with Crippen LogP contribution < -0.4 is 5.32 Å². The van der Waals surface area contributed by atoms with Crippen molar-refractivity contribution in [1.82, 2.24) is 5.32 Å². The van der Waals surface area contributed by atoms with Crippen LogP contribution in [-0.4, -0.2) is 16.9 Å². The Labute approximate surface area is 101 Å². The number of thioether (sulfide) groups is 1. The largest absolute Gasteiger partial charge is 0.351 e. The summed E-state index contributed by atoms with van der Waals surface area (Å²) < 4.78 is 0. The van der Waals surface area contributed by atoms with Gasteiger partial charge in [0, 0.05) is 6.54 Å². The molecule has 86 valence electrons. The number of hydrogen-bond donors (Lipinski definition) is 1. The third-order valence-electron chi connectivity index (χ3n) is 2.77. The normalized spacial score (nSPS) is 19.7. The van der Waals surface area contributed by atoms with Gasteiger partial charge in [-0.15, -0.1) is 11.8 Å². The molecule has 0 spiro atoms. The van der Waals surface area contributed by atoms with E-state index in [1.807, 2.05) is 6.07 Å². The van der Waals surface area contributed by atoms with Crippen molar-refractivity contribution in [3.05, 3.63) is 35.4 Å². The number of carbonyl (C=O) groups is 1. The Hall–Kier alpha value is -0.960. The van der Waals surface area contributed by atoms with E-state index < -0.39 is 0 Å². The van der Waals surface area contributed by atoms with Crippen LogP contribution in [0.5, 0.6) is 0 Å². The first-order valence-corrected chi connectivity index (χ1v) is 6.75. The van der Waals surface area contributed by atoms with Crippen molar-refractivity contribution < 1.29 is 4.79 Å². The summed E-state index contributed by atoms with van der Waals surface area (Å²) in [5.41, 5.74) is 2.42. The quantitative estimate of drug-likeness (QED) is 0.872. The molecule has 1 unspecified atom stereocenters. The lowest BCUT2D eigenvalue weighted by Gasteiger charge is -2.10. The second kappa shape index (κ2) is 5.39. The van der Waals surface area contributed by atoms with Crippen LogP contribution in [-0.2, 0) is 11.3 Å². The molecule has 0 aliphatic carbocycles. The molecule has 2 rings (SSSR count). The summed E-state index contributed by atoms with van der Waals surface area (Å²) in [4.78, 5) is 11.8. The lowest BCUT2D eigenvalue weighted by Crippen LogP contribution is -2.30. The minimum Gasteiger partial charge on any atom is -0.351 e. The molecular formula is C13H17NOS. The van der Waals surface area contributed by atoms with Gasteiger partial charge < -0.3 is 5.32 Å². The number of rotatable bonds is 3. The molecule has 0 radical (unpaired) electrons. The number of benzene rings is 1. The highest BCUT2D eigenvalue weighted by Gasteiger charge is 2.22. The Morgan fingerprint density at radius 3 is 3.12 bits per heavy atom. The summed E-state index contributed by atoms with van der Waals surface area (Å²) >= 11 is 1.78. The number of amides is 1. The molecule has 1 amide bonds. The van der Waals surface area contributed by atoms with Gasteiger partial charge in [-0.05, 0) is 31.1 Å². The lowest BCUT2D eigenvalue weighted by atomic mass is 10.1. The van der Waals surface area contributed by atoms with Gasteiger partial charge in [0.15, 0.2) is 0 Å². The van der Waals surface area contributed by atoms with Gasteiger partial charge in [0.25, 0.3) is 0 Å². The highest BCUT2D eigenvalue weighted by molar-refractivity contribution is 8.00. The zero-order valence-corrected chi connectivity index (χ0v) is 10.3. The molecule has 2 nitrogen and oxygen atoms in total. The van der Waals surface area contributed by atoms with Crippen molar-refractivity contribution in [1.29, 1.82) is 0 Å². The van der Waals surface area contributed by atoms with E-state index in [9.17, 15) is 4.79 Å². The first kappa shape index (κ1) is 11.5. The average Bonchev–Trinajstić information content (AvgIpc) is 2.79. The maximum Gasteiger partial charge on any atom is 0.233 e. The number of hydrogen-bond acceptors (Lipinski definition) is 2. The molecule has 1 aliphatic heterocycles. The second-order valence-electron chi connectivity index (χ2n) is 4.21. The van der Waals surface area contributed by atoms with Crippen molar-refractivity contribution in [3.8, 4) is 0 Å². The minimum atomic E-state index is 0.185. The molecule has 0 bridgehead atoms. The predicted molar refractivity (Wildman–Crippen MR) is 68.5 cm³/mol. The van der Waals surface area contributed by atoms with Crippen LogP contribution >= 0.6 is 11.8 Å². The fraction of sp³-hybridized carbons (Fsp3) is 0.462. The molecule has 1 aliphatic rings. The summed E-state index contributed by atoms with van der Waals surface area (Å²) in [5.74, 6) is 1.33. The fourth-order valence-electron chi connectivity index (χ4n) is 1.91. The van der Waals surface area contributed by atoms with E-state index in [2.05, 4.69) is 30.4 Å². The standard InChI is InChI=1S/C13H17NOS/c1-10-4-2-5-11(8-10)9-14-13(15)12-6-3-7-16-12/h2,4-5,8,12H,3,6-7,9H2,1H3,(H,14,15). The molecular weight excluding hydrogens is 218 g/mol. The Kier molecular flexibility index (Phi) is 3.88. The average molecular weight is 235 g/mol. The van der Waals surface area contributed by atoms with E-state index in [1.54, 1.807) is 11.8 Å². The van der Waals surface area contributed by atoms with Gasteiger partial charge in [-0.3, -0.25) is 4.79 Å². The van der Waals surface area contributed by atoms with Crippen LogP contribution in [0.1, 0.15) is 24.0 Å². The smallest absolute Gasteiger partial charge is 0.233 e. The third-order valence-corrected chi connectivity index (χ3v) is 4.15. The zero-order valence-electron chi connectivity index (χ0n) is 9.53. The van der Waals surface area contributed by atoms with Gasteiger partial charge in [-0.25, -0.2) is 0 Å². The molecule has 1 aromatic carbocycles. The first-order chi connectivity index (χ1) is 7.75. The van der Waals surface area contributed by atoms with Crippen LogP contribution in [0.4, 0.5) is 0 Å². The molecule has 1 N–H and O–H groups in total. The highest BCUT2D eigenvalue weighted by Crippen LogP contribution is 2.26. The first-order valence-electron chi connectivity index (χ1n) is 5.70. The molecule has 0 aromatic heterocycles. The maximum absolute atomic E-state index is 11.8. The topological polar surface area (TPSA) is 29.1 Å². The number of nitrogens with one attached hydrogen (secondary N) is 1. The Morgan fingerprint density at radius 2 is 2.44 bits per heavy atom. The zero-order chi connectivity index (χ0) is 11.4. The van der Waals surface area contributed by atoms with Crippen LogP contribution in [0.3, 0.4) is 0 Å². The van der Waals surface area contributed by atoms with E-state index in [4.69, 9.17) is 0 Å². The Bertz CT molecular complexity index is 372. The SMILES string of the molecule is Cc1cccc(CNC(=O)C2CCCS2)c1. The molecule has 3 heteroatoms. The van der Waals surface area contributed by atoms with Crippen molar-refractivity contribution in [3.63, 3.8) is 0 Å². The predicted octanol–water partition coefficient (Wildman–Crippen LogP) is 2.51. The van der Waals surface area contributed by atoms with Gasteiger partial charge in [-0.2, -0.15) is 0 Å². The van der Waals surface area contributed by atoms with Crippen molar-refractivity contribution in [2.45, 2.75) is 31.6 Å². The van der Waals surface area contributed by atoms with Crippen LogP contribution in [0.15, 0.2) is 24.3 Å². The molecule has 16 heavy (non-hydrogen) atoms. The van der Waals surface area contributed by atoms with Gasteiger partial charge in [0.1, 0.15) is 0 Å². The molecule has 1 fully saturated rings.